The van der Waals surface area contributed by atoms with Crippen molar-refractivity contribution in [3.05, 3.63) is 24.2 Å². The third kappa shape index (κ3) is 5.75. The fourth-order valence-corrected chi connectivity index (χ4v) is 1.32. The summed E-state index contributed by atoms with van der Waals surface area (Å²) >= 11 is 0. The fourth-order valence-electron chi connectivity index (χ4n) is 1.32. The number of hydrogen-bond donors (Lipinski definition) is 1. The Morgan fingerprint density at radius 3 is 2.88 bits per heavy atom. The first kappa shape index (κ1) is 13.3. The van der Waals surface area contributed by atoms with Crippen molar-refractivity contribution in [2.24, 2.45) is 0 Å². The lowest BCUT2D eigenvalue weighted by atomic mass is 10.2. The van der Waals surface area contributed by atoms with Gasteiger partial charge in [0.05, 0.1) is 19.3 Å². The molecule has 0 aliphatic rings. The molecule has 0 aliphatic heterocycles. The van der Waals surface area contributed by atoms with Gasteiger partial charge in [0.2, 0.25) is 5.91 Å². The van der Waals surface area contributed by atoms with Crippen LogP contribution in [0.25, 0.3) is 0 Å². The maximum absolute atomic E-state index is 11.4. The first-order valence-corrected chi connectivity index (χ1v) is 5.67. The molecule has 0 unspecified atom stereocenters. The molecule has 1 aromatic heterocycles. The number of hydrogen-bond acceptors (Lipinski definition) is 4. The second-order valence-electron chi connectivity index (χ2n) is 3.48. The molecule has 1 N–H and O–H groups in total. The minimum absolute atomic E-state index is 0.0919. The van der Waals surface area contributed by atoms with Crippen molar-refractivity contribution in [3.63, 3.8) is 0 Å². The van der Waals surface area contributed by atoms with Gasteiger partial charge in [0.15, 0.2) is 0 Å². The van der Waals surface area contributed by atoms with Gasteiger partial charge in [0.25, 0.3) is 0 Å². The number of amides is 1. The van der Waals surface area contributed by atoms with Gasteiger partial charge in [-0.15, -0.1) is 0 Å². The van der Waals surface area contributed by atoms with Gasteiger partial charge in [0.1, 0.15) is 5.76 Å². The second-order valence-corrected chi connectivity index (χ2v) is 3.48. The summed E-state index contributed by atoms with van der Waals surface area (Å²) in [6.45, 7) is 2.43. The monoisotopic (exact) mass is 239 g/mol. The van der Waals surface area contributed by atoms with Crippen molar-refractivity contribution in [2.45, 2.75) is 26.2 Å². The summed E-state index contributed by atoms with van der Waals surface area (Å²) < 4.78 is 9.84. The number of furan rings is 1. The van der Waals surface area contributed by atoms with Gasteiger partial charge >= 0.3 is 5.97 Å². The Hall–Kier alpha value is -1.78. The molecule has 0 fully saturated rings. The molecule has 0 spiro atoms. The molecule has 0 radical (unpaired) electrons. The van der Waals surface area contributed by atoms with Crippen LogP contribution in [-0.4, -0.2) is 25.0 Å². The summed E-state index contributed by atoms with van der Waals surface area (Å²) in [4.78, 5) is 22.4. The highest BCUT2D eigenvalue weighted by Gasteiger charge is 2.05. The van der Waals surface area contributed by atoms with E-state index in [1.165, 1.54) is 0 Å². The molecule has 0 saturated carbocycles. The summed E-state index contributed by atoms with van der Waals surface area (Å²) in [5, 5.41) is 2.65. The molecular formula is C12H17NO4. The van der Waals surface area contributed by atoms with E-state index in [0.717, 1.165) is 5.76 Å². The maximum atomic E-state index is 11.4. The lowest BCUT2D eigenvalue weighted by Crippen LogP contribution is -2.26. The van der Waals surface area contributed by atoms with Crippen LogP contribution in [0.5, 0.6) is 0 Å². The Balaban J connectivity index is 2.07. The summed E-state index contributed by atoms with van der Waals surface area (Å²) in [5.74, 6) is 0.398. The third-order valence-corrected chi connectivity index (χ3v) is 2.14. The molecule has 1 aromatic rings. The van der Waals surface area contributed by atoms with E-state index in [9.17, 15) is 9.59 Å². The summed E-state index contributed by atoms with van der Waals surface area (Å²) in [6.07, 6.45) is 2.71. The number of carbonyl (C=O) groups excluding carboxylic acids is 2. The van der Waals surface area contributed by atoms with Crippen LogP contribution in [0.4, 0.5) is 0 Å². The van der Waals surface area contributed by atoms with Crippen LogP contribution < -0.4 is 5.32 Å². The van der Waals surface area contributed by atoms with E-state index in [4.69, 9.17) is 9.15 Å². The van der Waals surface area contributed by atoms with Crippen molar-refractivity contribution in [1.82, 2.24) is 5.32 Å². The van der Waals surface area contributed by atoms with Gasteiger partial charge in [0, 0.05) is 19.4 Å². The van der Waals surface area contributed by atoms with E-state index in [0.29, 0.717) is 26.0 Å². The van der Waals surface area contributed by atoms with E-state index >= 15 is 0 Å². The minimum atomic E-state index is -0.293. The van der Waals surface area contributed by atoms with Gasteiger partial charge < -0.3 is 14.5 Å². The Bertz CT molecular complexity index is 345. The minimum Gasteiger partial charge on any atom is -0.469 e. The van der Waals surface area contributed by atoms with Crippen LogP contribution >= 0.6 is 0 Å². The predicted molar refractivity (Wildman–Crippen MR) is 61.3 cm³/mol. The number of carbonyl (C=O) groups is 2. The molecule has 94 valence electrons. The standard InChI is InChI=1S/C12H17NO4/c1-2-16-12(15)7-8-13-11(14)6-5-10-4-3-9-17-10/h3-4,9H,2,5-8H2,1H3,(H,13,14). The molecule has 5 nitrogen and oxygen atoms in total. The SMILES string of the molecule is CCOC(=O)CCNC(=O)CCc1ccco1. The van der Waals surface area contributed by atoms with E-state index < -0.39 is 0 Å². The normalized spacial score (nSPS) is 9.94. The Morgan fingerprint density at radius 1 is 1.41 bits per heavy atom. The Morgan fingerprint density at radius 2 is 2.24 bits per heavy atom. The first-order valence-electron chi connectivity index (χ1n) is 5.67. The zero-order chi connectivity index (χ0) is 12.5. The average Bonchev–Trinajstić information content (AvgIpc) is 2.79. The van der Waals surface area contributed by atoms with Crippen LogP contribution in [0.2, 0.25) is 0 Å². The molecule has 0 aliphatic carbocycles. The zero-order valence-electron chi connectivity index (χ0n) is 9.90. The van der Waals surface area contributed by atoms with E-state index in [1.807, 2.05) is 6.07 Å². The van der Waals surface area contributed by atoms with Crippen LogP contribution in [0, 0.1) is 0 Å². The summed E-state index contributed by atoms with van der Waals surface area (Å²) in [6, 6.07) is 3.61. The summed E-state index contributed by atoms with van der Waals surface area (Å²) in [5.41, 5.74) is 0. The highest BCUT2D eigenvalue weighted by Crippen LogP contribution is 2.03. The smallest absolute Gasteiger partial charge is 0.307 e. The predicted octanol–water partition coefficient (Wildman–Crippen LogP) is 1.28. The Labute approximate surface area is 100 Å². The van der Waals surface area contributed by atoms with Crippen molar-refractivity contribution < 1.29 is 18.7 Å². The summed E-state index contributed by atoms with van der Waals surface area (Å²) in [7, 11) is 0. The van der Waals surface area contributed by atoms with E-state index in [-0.39, 0.29) is 18.3 Å². The number of rotatable bonds is 7. The lowest BCUT2D eigenvalue weighted by Gasteiger charge is -2.04. The van der Waals surface area contributed by atoms with E-state index in [2.05, 4.69) is 5.32 Å². The second kappa shape index (κ2) is 7.49. The van der Waals surface area contributed by atoms with E-state index in [1.54, 1.807) is 19.3 Å². The first-order chi connectivity index (χ1) is 8.22. The topological polar surface area (TPSA) is 68.5 Å². The van der Waals surface area contributed by atoms with Crippen molar-refractivity contribution in [2.75, 3.05) is 13.2 Å². The quantitative estimate of drug-likeness (QED) is 0.728. The van der Waals surface area contributed by atoms with Crippen molar-refractivity contribution >= 4 is 11.9 Å². The molecule has 17 heavy (non-hydrogen) atoms. The molecule has 1 heterocycles. The molecule has 1 rings (SSSR count). The highest BCUT2D eigenvalue weighted by molar-refractivity contribution is 5.77. The molecule has 0 aromatic carbocycles. The molecule has 0 saturated heterocycles. The molecule has 5 heteroatoms. The number of ether oxygens (including phenoxy) is 1. The highest BCUT2D eigenvalue weighted by atomic mass is 16.5. The van der Waals surface area contributed by atoms with Gasteiger partial charge in [-0.2, -0.15) is 0 Å². The van der Waals surface area contributed by atoms with Gasteiger partial charge in [-0.25, -0.2) is 0 Å². The van der Waals surface area contributed by atoms with Crippen LogP contribution in [0.1, 0.15) is 25.5 Å². The van der Waals surface area contributed by atoms with Crippen molar-refractivity contribution in [3.8, 4) is 0 Å². The number of aryl methyl sites for hydroxylation is 1. The number of nitrogens with one attached hydrogen (secondary N) is 1. The maximum Gasteiger partial charge on any atom is 0.307 e. The van der Waals surface area contributed by atoms with Crippen LogP contribution in [0.15, 0.2) is 22.8 Å². The lowest BCUT2D eigenvalue weighted by molar-refractivity contribution is -0.143. The van der Waals surface area contributed by atoms with Crippen LogP contribution in [0.3, 0.4) is 0 Å². The zero-order valence-corrected chi connectivity index (χ0v) is 9.90. The van der Waals surface area contributed by atoms with Crippen LogP contribution in [-0.2, 0) is 20.7 Å². The van der Waals surface area contributed by atoms with Gasteiger partial charge in [-0.1, -0.05) is 0 Å². The third-order valence-electron chi connectivity index (χ3n) is 2.14. The van der Waals surface area contributed by atoms with Gasteiger partial charge in [-0.3, -0.25) is 9.59 Å². The molecule has 0 bridgehead atoms. The number of esters is 1. The average molecular weight is 239 g/mol. The molecule has 0 atom stereocenters. The van der Waals surface area contributed by atoms with Crippen molar-refractivity contribution in [1.29, 1.82) is 0 Å². The van der Waals surface area contributed by atoms with Gasteiger partial charge in [-0.05, 0) is 19.1 Å². The fraction of sp³-hybridized carbons (Fsp3) is 0.500. The molecule has 1 amide bonds. The Kier molecular flexibility index (Phi) is 5.85. The molecular weight excluding hydrogens is 222 g/mol. The largest absolute Gasteiger partial charge is 0.469 e.